The van der Waals surface area contributed by atoms with Crippen LogP contribution in [0.25, 0.3) is 0 Å². The summed E-state index contributed by atoms with van der Waals surface area (Å²) in [7, 11) is 0. The Hall–Kier alpha value is -2.58. The summed E-state index contributed by atoms with van der Waals surface area (Å²) >= 11 is 6.13. The molecule has 3 heteroatoms. The third-order valence-corrected chi connectivity index (χ3v) is 6.09. The van der Waals surface area contributed by atoms with Crippen molar-refractivity contribution in [1.82, 2.24) is 0 Å². The van der Waals surface area contributed by atoms with Gasteiger partial charge in [-0.05, 0) is 61.7 Å². The lowest BCUT2D eigenvalue weighted by Crippen LogP contribution is -2.55. The summed E-state index contributed by atoms with van der Waals surface area (Å²) in [6.45, 7) is 6.57. The molecule has 1 amide bonds. The van der Waals surface area contributed by atoms with Gasteiger partial charge in [-0.2, -0.15) is 0 Å². The van der Waals surface area contributed by atoms with Crippen LogP contribution >= 0.6 is 11.6 Å². The lowest BCUT2D eigenvalue weighted by atomic mass is 9.65. The molecule has 0 unspecified atom stereocenters. The molecular weight excluding hydrogens is 366 g/mol. The summed E-state index contributed by atoms with van der Waals surface area (Å²) in [4.78, 5) is 15.4. The number of rotatable bonds is 2. The third-order valence-electron chi connectivity index (χ3n) is 5.84. The molecule has 3 aromatic rings. The first-order valence-corrected chi connectivity index (χ1v) is 9.96. The minimum absolute atomic E-state index is 0.0382. The quantitative estimate of drug-likeness (QED) is 0.491. The summed E-state index contributed by atoms with van der Waals surface area (Å²) in [5.41, 5.74) is 3.50. The molecule has 0 aromatic heterocycles. The summed E-state index contributed by atoms with van der Waals surface area (Å²) in [6.07, 6.45) is 0.817. The SMILES string of the molecule is CC1(C)C[C@@](C)(c2ccc(Cl)cc2)c2ccccc2N1C(=O)c1ccccc1. The smallest absolute Gasteiger partial charge is 0.258 e. The Bertz CT molecular complexity index is 1010. The number of nitrogens with zero attached hydrogens (tertiary/aromatic N) is 1. The number of hydrogen-bond donors (Lipinski definition) is 0. The molecule has 3 aromatic carbocycles. The molecule has 0 bridgehead atoms. The van der Waals surface area contributed by atoms with Crippen molar-refractivity contribution in [3.63, 3.8) is 0 Å². The first-order valence-electron chi connectivity index (χ1n) is 9.58. The molecule has 0 N–H and O–H groups in total. The molecule has 0 saturated heterocycles. The molecule has 1 atom stereocenters. The number of carbonyl (C=O) groups excluding carboxylic acids is 1. The number of amides is 1. The van der Waals surface area contributed by atoms with Crippen LogP contribution in [0, 0.1) is 0 Å². The molecule has 1 aliphatic heterocycles. The number of para-hydroxylation sites is 1. The molecule has 0 fully saturated rings. The second-order valence-electron chi connectivity index (χ2n) is 8.35. The van der Waals surface area contributed by atoms with E-state index in [2.05, 4.69) is 51.1 Å². The molecule has 4 rings (SSSR count). The molecule has 28 heavy (non-hydrogen) atoms. The van der Waals surface area contributed by atoms with Crippen molar-refractivity contribution in [3.05, 3.63) is 101 Å². The van der Waals surface area contributed by atoms with Gasteiger partial charge in [0.25, 0.3) is 5.91 Å². The van der Waals surface area contributed by atoms with Crippen molar-refractivity contribution in [1.29, 1.82) is 0 Å². The third kappa shape index (κ3) is 3.02. The number of anilines is 1. The van der Waals surface area contributed by atoms with Gasteiger partial charge in [0.2, 0.25) is 0 Å². The average Bonchev–Trinajstić information content (AvgIpc) is 2.68. The fraction of sp³-hybridized carbons (Fsp3) is 0.240. The number of benzene rings is 3. The van der Waals surface area contributed by atoms with Gasteiger partial charge >= 0.3 is 0 Å². The van der Waals surface area contributed by atoms with Crippen molar-refractivity contribution < 1.29 is 4.79 Å². The van der Waals surface area contributed by atoms with Crippen LogP contribution in [-0.2, 0) is 5.41 Å². The van der Waals surface area contributed by atoms with Crippen LogP contribution in [0.5, 0.6) is 0 Å². The standard InChI is InChI=1S/C25H24ClNO/c1-24(2)17-25(3,19-13-15-20(26)16-14-19)21-11-7-8-12-22(21)27(24)23(28)18-9-5-4-6-10-18/h4-16H,17H2,1-3H3/t25-/m0/s1. The maximum absolute atomic E-state index is 13.5. The highest BCUT2D eigenvalue weighted by Crippen LogP contribution is 2.50. The highest BCUT2D eigenvalue weighted by molar-refractivity contribution is 6.30. The van der Waals surface area contributed by atoms with Gasteiger partial charge in [-0.25, -0.2) is 0 Å². The Morgan fingerprint density at radius 2 is 1.46 bits per heavy atom. The second-order valence-corrected chi connectivity index (χ2v) is 8.79. The van der Waals surface area contributed by atoms with Crippen molar-refractivity contribution in [2.45, 2.75) is 38.1 Å². The molecule has 2 nitrogen and oxygen atoms in total. The predicted octanol–water partition coefficient (Wildman–Crippen LogP) is 6.48. The maximum Gasteiger partial charge on any atom is 0.258 e. The van der Waals surface area contributed by atoms with Gasteiger partial charge in [0.15, 0.2) is 0 Å². The Labute approximate surface area is 171 Å². The predicted molar refractivity (Wildman–Crippen MR) is 116 cm³/mol. The molecule has 0 aliphatic carbocycles. The summed E-state index contributed by atoms with van der Waals surface area (Å²) in [5.74, 6) is 0.0382. The number of halogens is 1. The Morgan fingerprint density at radius 3 is 2.14 bits per heavy atom. The Morgan fingerprint density at radius 1 is 0.857 bits per heavy atom. The molecule has 1 heterocycles. The lowest BCUT2D eigenvalue weighted by Gasteiger charge is -2.51. The average molecular weight is 390 g/mol. The van der Waals surface area contributed by atoms with Crippen LogP contribution in [0.4, 0.5) is 5.69 Å². The van der Waals surface area contributed by atoms with E-state index in [0.29, 0.717) is 5.56 Å². The minimum atomic E-state index is -0.352. The van der Waals surface area contributed by atoms with Gasteiger partial charge in [0, 0.05) is 27.2 Å². The number of fused-ring (bicyclic) bond motifs is 1. The normalized spacial score (nSPS) is 20.5. The van der Waals surface area contributed by atoms with E-state index in [1.54, 1.807) is 0 Å². The lowest BCUT2D eigenvalue weighted by molar-refractivity contribution is 0.0948. The summed E-state index contributed by atoms with van der Waals surface area (Å²) < 4.78 is 0. The topological polar surface area (TPSA) is 20.3 Å². The molecular formula is C25H24ClNO. The van der Waals surface area contributed by atoms with Crippen LogP contribution < -0.4 is 4.90 Å². The molecule has 0 spiro atoms. The monoisotopic (exact) mass is 389 g/mol. The first-order chi connectivity index (χ1) is 13.3. The fourth-order valence-electron chi connectivity index (χ4n) is 4.67. The van der Waals surface area contributed by atoms with Crippen LogP contribution in [0.3, 0.4) is 0 Å². The van der Waals surface area contributed by atoms with E-state index in [1.165, 1.54) is 11.1 Å². The van der Waals surface area contributed by atoms with Crippen LogP contribution in [0.1, 0.15) is 48.7 Å². The molecule has 1 aliphatic rings. The van der Waals surface area contributed by atoms with E-state index >= 15 is 0 Å². The van der Waals surface area contributed by atoms with E-state index in [1.807, 2.05) is 53.4 Å². The van der Waals surface area contributed by atoms with Gasteiger partial charge in [-0.1, -0.05) is 67.1 Å². The fourth-order valence-corrected chi connectivity index (χ4v) is 4.80. The first kappa shape index (κ1) is 18.8. The van der Waals surface area contributed by atoms with Gasteiger partial charge in [0.1, 0.15) is 0 Å². The van der Waals surface area contributed by atoms with Gasteiger partial charge in [-0.3, -0.25) is 4.79 Å². The van der Waals surface area contributed by atoms with Crippen molar-refractivity contribution in [2.75, 3.05) is 4.90 Å². The van der Waals surface area contributed by atoms with Crippen LogP contribution in [0.2, 0.25) is 5.02 Å². The highest BCUT2D eigenvalue weighted by Gasteiger charge is 2.47. The molecule has 142 valence electrons. The molecule has 0 saturated carbocycles. The Balaban J connectivity index is 1.89. The number of carbonyl (C=O) groups is 1. The Kier molecular flexibility index (Phi) is 4.55. The van der Waals surface area contributed by atoms with Crippen molar-refractivity contribution in [2.24, 2.45) is 0 Å². The van der Waals surface area contributed by atoms with E-state index in [0.717, 1.165) is 17.1 Å². The van der Waals surface area contributed by atoms with E-state index < -0.39 is 0 Å². The summed E-state index contributed by atoms with van der Waals surface area (Å²) in [6, 6.07) is 25.9. The van der Waals surface area contributed by atoms with Gasteiger partial charge in [0.05, 0.1) is 0 Å². The summed E-state index contributed by atoms with van der Waals surface area (Å²) in [5, 5.41) is 0.733. The zero-order chi connectivity index (χ0) is 19.9. The zero-order valence-electron chi connectivity index (χ0n) is 16.4. The van der Waals surface area contributed by atoms with Crippen molar-refractivity contribution >= 4 is 23.2 Å². The largest absolute Gasteiger partial charge is 0.302 e. The molecule has 0 radical (unpaired) electrons. The van der Waals surface area contributed by atoms with Crippen LogP contribution in [0.15, 0.2) is 78.9 Å². The van der Waals surface area contributed by atoms with Crippen LogP contribution in [-0.4, -0.2) is 11.4 Å². The highest BCUT2D eigenvalue weighted by atomic mass is 35.5. The number of hydrogen-bond acceptors (Lipinski definition) is 1. The van der Waals surface area contributed by atoms with E-state index in [4.69, 9.17) is 11.6 Å². The zero-order valence-corrected chi connectivity index (χ0v) is 17.2. The minimum Gasteiger partial charge on any atom is -0.302 e. The van der Waals surface area contributed by atoms with E-state index in [9.17, 15) is 4.79 Å². The van der Waals surface area contributed by atoms with Gasteiger partial charge < -0.3 is 4.90 Å². The maximum atomic E-state index is 13.5. The van der Waals surface area contributed by atoms with Gasteiger partial charge in [-0.15, -0.1) is 0 Å². The van der Waals surface area contributed by atoms with Crippen molar-refractivity contribution in [3.8, 4) is 0 Å². The second kappa shape index (κ2) is 6.79. The van der Waals surface area contributed by atoms with E-state index in [-0.39, 0.29) is 16.9 Å².